The van der Waals surface area contributed by atoms with Crippen molar-refractivity contribution in [1.82, 2.24) is 5.32 Å². The first kappa shape index (κ1) is 17.8. The van der Waals surface area contributed by atoms with E-state index < -0.39 is 55.2 Å². The van der Waals surface area contributed by atoms with Gasteiger partial charge in [0.1, 0.15) is 24.4 Å². The molecule has 1 heterocycles. The molecule has 8 N–H and O–H groups in total. The van der Waals surface area contributed by atoms with Crippen LogP contribution in [0.4, 0.5) is 0 Å². The van der Waals surface area contributed by atoms with Gasteiger partial charge in [0, 0.05) is 6.42 Å². The summed E-state index contributed by atoms with van der Waals surface area (Å²) in [5, 5.41) is 48.5. The van der Waals surface area contributed by atoms with Crippen LogP contribution in [0.5, 0.6) is 0 Å². The number of hydrogen-bond acceptors (Lipinski definition) is 8. The Kier molecular flexibility index (Phi) is 6.45. The third-order valence-electron chi connectivity index (χ3n) is 3.18. The number of nitrogens with two attached hydrogens (primary N) is 1. The third-order valence-corrected chi connectivity index (χ3v) is 3.18. The number of aliphatic carboxylic acids is 1. The molecule has 0 unspecified atom stereocenters. The van der Waals surface area contributed by atoms with Crippen LogP contribution in [-0.4, -0.2) is 80.7 Å². The average molecular weight is 308 g/mol. The summed E-state index contributed by atoms with van der Waals surface area (Å²) in [6.07, 6.45) is -7.69. The van der Waals surface area contributed by atoms with E-state index in [1.54, 1.807) is 0 Å². The van der Waals surface area contributed by atoms with Crippen molar-refractivity contribution in [2.75, 3.05) is 6.61 Å². The van der Waals surface area contributed by atoms with Crippen LogP contribution < -0.4 is 11.1 Å². The van der Waals surface area contributed by atoms with Crippen molar-refractivity contribution in [2.45, 2.75) is 49.5 Å². The molecule has 0 spiro atoms. The smallest absolute Gasteiger partial charge is 0.303 e. The predicted molar refractivity (Wildman–Crippen MR) is 66.8 cm³/mol. The molecule has 1 saturated heterocycles. The van der Waals surface area contributed by atoms with Gasteiger partial charge in [0.05, 0.1) is 12.6 Å². The lowest BCUT2D eigenvalue weighted by Gasteiger charge is -2.40. The highest BCUT2D eigenvalue weighted by atomic mass is 16.6. The van der Waals surface area contributed by atoms with Crippen LogP contribution in [0.25, 0.3) is 0 Å². The molecule has 10 nitrogen and oxygen atoms in total. The summed E-state index contributed by atoms with van der Waals surface area (Å²) < 4.78 is 5.06. The van der Waals surface area contributed by atoms with Crippen molar-refractivity contribution >= 4 is 11.9 Å². The molecule has 0 aromatic heterocycles. The second-order valence-corrected chi connectivity index (χ2v) is 4.80. The van der Waals surface area contributed by atoms with Crippen molar-refractivity contribution in [3.63, 3.8) is 0 Å². The maximum atomic E-state index is 11.7. The molecule has 21 heavy (non-hydrogen) atoms. The lowest BCUT2D eigenvalue weighted by atomic mass is 9.98. The normalized spacial score (nSPS) is 34.2. The summed E-state index contributed by atoms with van der Waals surface area (Å²) >= 11 is 0. The highest BCUT2D eigenvalue weighted by molar-refractivity contribution is 5.82. The third kappa shape index (κ3) is 4.59. The number of carbonyl (C=O) groups is 2. The number of aliphatic hydroxyl groups excluding tert-OH is 4. The van der Waals surface area contributed by atoms with Gasteiger partial charge in [-0.3, -0.25) is 9.59 Å². The van der Waals surface area contributed by atoms with Gasteiger partial charge >= 0.3 is 5.97 Å². The van der Waals surface area contributed by atoms with Gasteiger partial charge in [-0.2, -0.15) is 0 Å². The molecule has 0 radical (unpaired) electrons. The van der Waals surface area contributed by atoms with Gasteiger partial charge in [-0.05, 0) is 6.42 Å². The Labute approximate surface area is 120 Å². The van der Waals surface area contributed by atoms with Gasteiger partial charge < -0.3 is 41.3 Å². The van der Waals surface area contributed by atoms with E-state index in [-0.39, 0.29) is 12.8 Å². The molecule has 6 atom stereocenters. The predicted octanol–water partition coefficient (Wildman–Crippen LogP) is -3.91. The monoisotopic (exact) mass is 308 g/mol. The minimum Gasteiger partial charge on any atom is -0.481 e. The number of aliphatic hydroxyl groups is 4. The fourth-order valence-corrected chi connectivity index (χ4v) is 1.88. The SMILES string of the molecule is N[C@@H](CCC(=O)O)C(=O)N[C@@H]1O[C@H](CO)[C@@H](O)[C@H](O)[C@H]1O. The maximum Gasteiger partial charge on any atom is 0.303 e. The Hall–Kier alpha value is -1.30. The Bertz CT molecular complexity index is 377. The summed E-state index contributed by atoms with van der Waals surface area (Å²) in [6.45, 7) is -0.623. The minimum absolute atomic E-state index is 0.113. The Balaban J connectivity index is 2.59. The molecule has 1 aliphatic heterocycles. The van der Waals surface area contributed by atoms with Crippen LogP contribution in [0.15, 0.2) is 0 Å². The van der Waals surface area contributed by atoms with Crippen molar-refractivity contribution in [3.8, 4) is 0 Å². The van der Waals surface area contributed by atoms with Gasteiger partial charge in [-0.25, -0.2) is 0 Å². The number of hydrogen-bond donors (Lipinski definition) is 7. The van der Waals surface area contributed by atoms with Gasteiger partial charge in [-0.15, -0.1) is 0 Å². The second kappa shape index (κ2) is 7.64. The first-order valence-corrected chi connectivity index (χ1v) is 6.36. The minimum atomic E-state index is -1.61. The molecule has 0 saturated carbocycles. The van der Waals surface area contributed by atoms with E-state index in [0.29, 0.717) is 0 Å². The van der Waals surface area contributed by atoms with Gasteiger partial charge in [-0.1, -0.05) is 0 Å². The molecule has 122 valence electrons. The van der Waals surface area contributed by atoms with E-state index in [2.05, 4.69) is 5.32 Å². The molecule has 0 aromatic carbocycles. The van der Waals surface area contributed by atoms with Crippen molar-refractivity contribution in [2.24, 2.45) is 5.73 Å². The number of carboxylic acids is 1. The van der Waals surface area contributed by atoms with Crippen LogP contribution in [0.3, 0.4) is 0 Å². The van der Waals surface area contributed by atoms with Gasteiger partial charge in [0.2, 0.25) is 5.91 Å². The lowest BCUT2D eigenvalue weighted by molar-refractivity contribution is -0.236. The second-order valence-electron chi connectivity index (χ2n) is 4.80. The average Bonchev–Trinajstić information content (AvgIpc) is 2.44. The van der Waals surface area contributed by atoms with Crippen LogP contribution >= 0.6 is 0 Å². The molecule has 1 rings (SSSR count). The van der Waals surface area contributed by atoms with Crippen LogP contribution in [0, 0.1) is 0 Å². The van der Waals surface area contributed by atoms with Gasteiger partial charge in [0.15, 0.2) is 6.23 Å². The fourth-order valence-electron chi connectivity index (χ4n) is 1.88. The maximum absolute atomic E-state index is 11.7. The molecular formula is C11H20N2O8. The number of carbonyl (C=O) groups excluding carboxylic acids is 1. The first-order valence-electron chi connectivity index (χ1n) is 6.36. The van der Waals surface area contributed by atoms with Gasteiger partial charge in [0.25, 0.3) is 0 Å². The topological polar surface area (TPSA) is 183 Å². The molecule has 0 aliphatic carbocycles. The summed E-state index contributed by atoms with van der Waals surface area (Å²) in [5.41, 5.74) is 5.48. The largest absolute Gasteiger partial charge is 0.481 e. The Morgan fingerprint density at radius 2 is 1.81 bits per heavy atom. The Morgan fingerprint density at radius 3 is 2.33 bits per heavy atom. The molecule has 1 aliphatic rings. The van der Waals surface area contributed by atoms with Crippen LogP contribution in [0.2, 0.25) is 0 Å². The molecule has 0 bridgehead atoms. The lowest BCUT2D eigenvalue weighted by Crippen LogP contribution is -2.64. The summed E-state index contributed by atoms with van der Waals surface area (Å²) in [6, 6.07) is -1.13. The molecule has 1 fully saturated rings. The molecule has 1 amide bonds. The summed E-state index contributed by atoms with van der Waals surface area (Å²) in [4.78, 5) is 22.1. The highest BCUT2D eigenvalue weighted by Crippen LogP contribution is 2.19. The van der Waals surface area contributed by atoms with E-state index in [9.17, 15) is 24.9 Å². The number of carboxylic acid groups (broad SMARTS) is 1. The zero-order chi connectivity index (χ0) is 16.2. The number of amides is 1. The summed E-state index contributed by atoms with van der Waals surface area (Å²) in [7, 11) is 0. The van der Waals surface area contributed by atoms with E-state index >= 15 is 0 Å². The van der Waals surface area contributed by atoms with Crippen molar-refractivity contribution in [3.05, 3.63) is 0 Å². The van der Waals surface area contributed by atoms with Crippen molar-refractivity contribution < 1.29 is 39.9 Å². The fraction of sp³-hybridized carbons (Fsp3) is 0.818. The van der Waals surface area contributed by atoms with Crippen LogP contribution in [-0.2, 0) is 14.3 Å². The van der Waals surface area contributed by atoms with E-state index in [1.807, 2.05) is 0 Å². The number of nitrogens with one attached hydrogen (secondary N) is 1. The van der Waals surface area contributed by atoms with E-state index in [4.69, 9.17) is 20.7 Å². The molecule has 0 aromatic rings. The van der Waals surface area contributed by atoms with E-state index in [0.717, 1.165) is 0 Å². The zero-order valence-electron chi connectivity index (χ0n) is 11.1. The number of rotatable bonds is 6. The standard InChI is InChI=1S/C11H20N2O8/c12-4(1-2-6(15)16)10(20)13-11-9(19)8(18)7(17)5(3-14)21-11/h4-5,7-9,11,14,17-19H,1-3,12H2,(H,13,20)(H,15,16)/t4-,5+,7+,8-,9+,11+/m0/s1. The summed E-state index contributed by atoms with van der Waals surface area (Å²) in [5.74, 6) is -1.88. The molecule has 10 heteroatoms. The quantitative estimate of drug-likeness (QED) is 0.258. The van der Waals surface area contributed by atoms with Crippen molar-refractivity contribution in [1.29, 1.82) is 0 Å². The Morgan fingerprint density at radius 1 is 1.19 bits per heavy atom. The highest BCUT2D eigenvalue weighted by Gasteiger charge is 2.44. The van der Waals surface area contributed by atoms with Crippen LogP contribution in [0.1, 0.15) is 12.8 Å². The molecular weight excluding hydrogens is 288 g/mol. The first-order chi connectivity index (χ1) is 9.77. The van der Waals surface area contributed by atoms with E-state index in [1.165, 1.54) is 0 Å². The number of ether oxygens (including phenoxy) is 1. The zero-order valence-corrected chi connectivity index (χ0v) is 11.1.